The molecule has 6 nitrogen and oxygen atoms in total. The first-order valence-electron chi connectivity index (χ1n) is 6.74. The molecule has 0 bridgehead atoms. The lowest BCUT2D eigenvalue weighted by molar-refractivity contribution is -0.116. The average molecular weight is 288 g/mol. The summed E-state index contributed by atoms with van der Waals surface area (Å²) in [5.74, 6) is 0.563. The van der Waals surface area contributed by atoms with Gasteiger partial charge in [-0.3, -0.25) is 9.48 Å². The molecule has 2 rings (SSSR count). The highest BCUT2D eigenvalue weighted by atomic mass is 16.5. The molecular formula is C15H20N4O2. The third-order valence-corrected chi connectivity index (χ3v) is 3.19. The number of carbonyl (C=O) groups excluding carboxylic acids is 1. The van der Waals surface area contributed by atoms with Crippen molar-refractivity contribution in [1.29, 1.82) is 0 Å². The Kier molecular flexibility index (Phi) is 4.47. The maximum absolute atomic E-state index is 12.0. The molecule has 0 fully saturated rings. The van der Waals surface area contributed by atoms with E-state index in [1.807, 2.05) is 24.6 Å². The van der Waals surface area contributed by atoms with Crippen LogP contribution in [0.15, 0.2) is 24.3 Å². The Balaban J connectivity index is 1.94. The van der Waals surface area contributed by atoms with Crippen molar-refractivity contribution in [1.82, 2.24) is 9.78 Å². The number of aryl methyl sites for hydroxylation is 3. The second-order valence-corrected chi connectivity index (χ2v) is 4.90. The lowest BCUT2D eigenvalue weighted by Crippen LogP contribution is -2.16. The molecule has 0 atom stereocenters. The van der Waals surface area contributed by atoms with Gasteiger partial charge in [-0.1, -0.05) is 0 Å². The fourth-order valence-electron chi connectivity index (χ4n) is 2.10. The van der Waals surface area contributed by atoms with E-state index in [2.05, 4.69) is 10.4 Å². The van der Waals surface area contributed by atoms with Gasteiger partial charge in [-0.2, -0.15) is 5.10 Å². The summed E-state index contributed by atoms with van der Waals surface area (Å²) in [6.45, 7) is 4.45. The molecule has 0 saturated heterocycles. The van der Waals surface area contributed by atoms with Gasteiger partial charge in [-0.25, -0.2) is 0 Å². The summed E-state index contributed by atoms with van der Waals surface area (Å²) in [7, 11) is 1.57. The summed E-state index contributed by atoms with van der Waals surface area (Å²) in [5.41, 5.74) is 8.94. The number of anilines is 2. The van der Waals surface area contributed by atoms with Gasteiger partial charge in [-0.05, 0) is 32.0 Å². The molecule has 0 aliphatic carbocycles. The Hall–Kier alpha value is -2.50. The van der Waals surface area contributed by atoms with Gasteiger partial charge in [0.15, 0.2) is 0 Å². The largest absolute Gasteiger partial charge is 0.497 e. The van der Waals surface area contributed by atoms with Crippen molar-refractivity contribution < 1.29 is 9.53 Å². The van der Waals surface area contributed by atoms with Gasteiger partial charge in [0.1, 0.15) is 5.75 Å². The standard InChI is InChI=1S/C15H20N4O2/c1-10-8-11(2)19(18-10)7-6-15(20)17-14-5-4-12(21-3)9-13(14)16/h4-5,8-9H,6-7,16H2,1-3H3,(H,17,20). The van der Waals surface area contributed by atoms with Gasteiger partial charge in [0.25, 0.3) is 0 Å². The molecule has 3 N–H and O–H groups in total. The van der Waals surface area contributed by atoms with Gasteiger partial charge in [-0.15, -0.1) is 0 Å². The fourth-order valence-corrected chi connectivity index (χ4v) is 2.10. The SMILES string of the molecule is COc1ccc(NC(=O)CCn2nc(C)cc2C)c(N)c1. The van der Waals surface area contributed by atoms with E-state index >= 15 is 0 Å². The molecule has 0 saturated carbocycles. The summed E-state index contributed by atoms with van der Waals surface area (Å²) in [6, 6.07) is 7.15. The van der Waals surface area contributed by atoms with E-state index in [1.165, 1.54) is 0 Å². The molecular weight excluding hydrogens is 268 g/mol. The summed E-state index contributed by atoms with van der Waals surface area (Å²) >= 11 is 0. The molecule has 1 aromatic carbocycles. The minimum Gasteiger partial charge on any atom is -0.497 e. The van der Waals surface area contributed by atoms with Crippen LogP contribution in [-0.2, 0) is 11.3 Å². The number of nitrogens with one attached hydrogen (secondary N) is 1. The van der Waals surface area contributed by atoms with Crippen LogP contribution in [0, 0.1) is 13.8 Å². The van der Waals surface area contributed by atoms with Crippen molar-refractivity contribution in [2.45, 2.75) is 26.8 Å². The van der Waals surface area contributed by atoms with Gasteiger partial charge in [0.05, 0.1) is 24.2 Å². The van der Waals surface area contributed by atoms with Crippen LogP contribution in [-0.4, -0.2) is 22.8 Å². The molecule has 0 aliphatic rings. The van der Waals surface area contributed by atoms with E-state index in [0.29, 0.717) is 30.1 Å². The minimum atomic E-state index is -0.0978. The maximum atomic E-state index is 12.0. The van der Waals surface area contributed by atoms with Crippen LogP contribution >= 0.6 is 0 Å². The maximum Gasteiger partial charge on any atom is 0.226 e. The molecule has 1 amide bonds. The highest BCUT2D eigenvalue weighted by Gasteiger charge is 2.08. The topological polar surface area (TPSA) is 82.2 Å². The van der Waals surface area contributed by atoms with Crippen LogP contribution < -0.4 is 15.8 Å². The third kappa shape index (κ3) is 3.75. The second kappa shape index (κ2) is 6.30. The molecule has 6 heteroatoms. The average Bonchev–Trinajstić information content (AvgIpc) is 2.77. The van der Waals surface area contributed by atoms with E-state index in [-0.39, 0.29) is 5.91 Å². The van der Waals surface area contributed by atoms with Crippen molar-refractivity contribution in [2.75, 3.05) is 18.2 Å². The molecule has 2 aromatic rings. The molecule has 0 spiro atoms. The van der Waals surface area contributed by atoms with Gasteiger partial charge >= 0.3 is 0 Å². The predicted octanol–water partition coefficient (Wildman–Crippen LogP) is 2.12. The molecule has 112 valence electrons. The van der Waals surface area contributed by atoms with Crippen molar-refractivity contribution in [3.8, 4) is 5.75 Å². The lowest BCUT2D eigenvalue weighted by atomic mass is 10.2. The Labute approximate surface area is 123 Å². The zero-order valence-corrected chi connectivity index (χ0v) is 12.5. The van der Waals surface area contributed by atoms with E-state index < -0.39 is 0 Å². The molecule has 1 aromatic heterocycles. The zero-order chi connectivity index (χ0) is 15.4. The summed E-state index contributed by atoms with van der Waals surface area (Å²) < 4.78 is 6.90. The number of nitrogens with two attached hydrogens (primary N) is 1. The number of nitrogen functional groups attached to an aromatic ring is 1. The quantitative estimate of drug-likeness (QED) is 0.826. The summed E-state index contributed by atoms with van der Waals surface area (Å²) in [6.07, 6.45) is 0.341. The normalized spacial score (nSPS) is 10.4. The fraction of sp³-hybridized carbons (Fsp3) is 0.333. The molecule has 1 heterocycles. The van der Waals surface area contributed by atoms with Gasteiger partial charge in [0, 0.05) is 24.7 Å². The smallest absolute Gasteiger partial charge is 0.226 e. The number of hydrogen-bond acceptors (Lipinski definition) is 4. The number of amides is 1. The lowest BCUT2D eigenvalue weighted by Gasteiger charge is -2.10. The van der Waals surface area contributed by atoms with Crippen LogP contribution in [0.3, 0.4) is 0 Å². The number of benzene rings is 1. The van der Waals surface area contributed by atoms with Crippen LogP contribution in [0.2, 0.25) is 0 Å². The minimum absolute atomic E-state index is 0.0978. The van der Waals surface area contributed by atoms with E-state index in [1.54, 1.807) is 25.3 Å². The summed E-state index contributed by atoms with van der Waals surface area (Å²) in [5, 5.41) is 7.12. The molecule has 0 unspecified atom stereocenters. The van der Waals surface area contributed by atoms with Crippen molar-refractivity contribution >= 4 is 17.3 Å². The Morgan fingerprint density at radius 1 is 1.38 bits per heavy atom. The molecule has 0 aliphatic heterocycles. The van der Waals surface area contributed by atoms with Crippen LogP contribution in [0.25, 0.3) is 0 Å². The number of methoxy groups -OCH3 is 1. The van der Waals surface area contributed by atoms with E-state index in [0.717, 1.165) is 11.4 Å². The number of hydrogen-bond donors (Lipinski definition) is 2. The Morgan fingerprint density at radius 2 is 2.14 bits per heavy atom. The van der Waals surface area contributed by atoms with Crippen molar-refractivity contribution in [3.05, 3.63) is 35.7 Å². The highest BCUT2D eigenvalue weighted by Crippen LogP contribution is 2.24. The highest BCUT2D eigenvalue weighted by molar-refractivity contribution is 5.93. The Morgan fingerprint density at radius 3 is 2.71 bits per heavy atom. The Bertz CT molecular complexity index is 649. The first-order chi connectivity index (χ1) is 9.99. The number of carbonyl (C=O) groups is 1. The van der Waals surface area contributed by atoms with Crippen LogP contribution in [0.5, 0.6) is 5.75 Å². The van der Waals surface area contributed by atoms with E-state index in [4.69, 9.17) is 10.5 Å². The number of nitrogens with zero attached hydrogens (tertiary/aromatic N) is 2. The number of ether oxygens (including phenoxy) is 1. The monoisotopic (exact) mass is 288 g/mol. The van der Waals surface area contributed by atoms with Gasteiger partial charge in [0.2, 0.25) is 5.91 Å². The van der Waals surface area contributed by atoms with Crippen LogP contribution in [0.4, 0.5) is 11.4 Å². The number of aromatic nitrogens is 2. The second-order valence-electron chi connectivity index (χ2n) is 4.90. The van der Waals surface area contributed by atoms with Crippen molar-refractivity contribution in [2.24, 2.45) is 0 Å². The van der Waals surface area contributed by atoms with E-state index in [9.17, 15) is 4.79 Å². The van der Waals surface area contributed by atoms with Crippen molar-refractivity contribution in [3.63, 3.8) is 0 Å². The first-order valence-corrected chi connectivity index (χ1v) is 6.74. The van der Waals surface area contributed by atoms with Gasteiger partial charge < -0.3 is 15.8 Å². The number of rotatable bonds is 5. The molecule has 21 heavy (non-hydrogen) atoms. The third-order valence-electron chi connectivity index (χ3n) is 3.19. The zero-order valence-electron chi connectivity index (χ0n) is 12.5. The summed E-state index contributed by atoms with van der Waals surface area (Å²) in [4.78, 5) is 12.0. The van der Waals surface area contributed by atoms with Crippen LogP contribution in [0.1, 0.15) is 17.8 Å². The first kappa shape index (κ1) is 14.9. The molecule has 0 radical (unpaired) electrons. The predicted molar refractivity (Wildman–Crippen MR) is 82.4 cm³/mol.